The fourth-order valence-electron chi connectivity index (χ4n) is 2.46. The Morgan fingerprint density at radius 1 is 1.36 bits per heavy atom. The van der Waals surface area contributed by atoms with Crippen LogP contribution in [0.3, 0.4) is 0 Å². The molecule has 1 aliphatic carbocycles. The van der Waals surface area contributed by atoms with Crippen molar-refractivity contribution in [3.05, 3.63) is 0 Å². The molecule has 0 spiro atoms. The molecule has 0 radical (unpaired) electrons. The first-order valence-corrected chi connectivity index (χ1v) is 5.24. The van der Waals surface area contributed by atoms with Crippen molar-refractivity contribution in [3.63, 3.8) is 0 Å². The van der Waals surface area contributed by atoms with E-state index >= 15 is 0 Å². The molecule has 1 atom stereocenters. The minimum atomic E-state index is -0.402. The van der Waals surface area contributed by atoms with Gasteiger partial charge in [0.25, 0.3) is 0 Å². The van der Waals surface area contributed by atoms with Gasteiger partial charge in [0.15, 0.2) is 5.78 Å². The van der Waals surface area contributed by atoms with E-state index in [-0.39, 0.29) is 22.5 Å². The van der Waals surface area contributed by atoms with Gasteiger partial charge in [-0.25, -0.2) is 0 Å². The Morgan fingerprint density at radius 3 is 2.00 bits per heavy atom. The molecule has 2 heteroatoms. The molecule has 1 aliphatic rings. The number of carbonyl (C=O) groups is 1. The van der Waals surface area contributed by atoms with E-state index in [0.29, 0.717) is 6.42 Å². The van der Waals surface area contributed by atoms with Gasteiger partial charge in [0.1, 0.15) is 5.92 Å². The van der Waals surface area contributed by atoms with Crippen molar-refractivity contribution in [3.8, 4) is 6.07 Å². The zero-order chi connectivity index (χ0) is 11.1. The Labute approximate surface area is 86.3 Å². The maximum atomic E-state index is 12.0. The van der Waals surface area contributed by atoms with Crippen LogP contribution in [0.1, 0.15) is 41.0 Å². The summed E-state index contributed by atoms with van der Waals surface area (Å²) < 4.78 is 0. The number of nitriles is 1. The van der Waals surface area contributed by atoms with Gasteiger partial charge in [-0.2, -0.15) is 5.26 Å². The highest BCUT2D eigenvalue weighted by Gasteiger charge is 2.68. The maximum absolute atomic E-state index is 12.0. The summed E-state index contributed by atoms with van der Waals surface area (Å²) in [6.07, 6.45) is 0.637. The molecule has 1 rings (SSSR count). The molecule has 14 heavy (non-hydrogen) atoms. The van der Waals surface area contributed by atoms with Crippen LogP contribution in [0.15, 0.2) is 0 Å². The maximum Gasteiger partial charge on any atom is 0.154 e. The summed E-state index contributed by atoms with van der Waals surface area (Å²) in [4.78, 5) is 12.0. The van der Waals surface area contributed by atoms with Gasteiger partial charge in [0.05, 0.1) is 6.07 Å². The fraction of sp³-hybridized carbons (Fsp3) is 0.833. The molecule has 78 valence electrons. The van der Waals surface area contributed by atoms with E-state index in [1.165, 1.54) is 0 Å². The van der Waals surface area contributed by atoms with E-state index in [1.54, 1.807) is 0 Å². The molecule has 0 bridgehead atoms. The highest BCUT2D eigenvalue weighted by Crippen LogP contribution is 2.69. The van der Waals surface area contributed by atoms with Crippen LogP contribution in [-0.2, 0) is 4.79 Å². The lowest BCUT2D eigenvalue weighted by atomic mass is 9.95. The molecule has 0 aromatic rings. The molecule has 0 N–H and O–H groups in total. The first-order chi connectivity index (χ1) is 6.30. The molecule has 0 aliphatic heterocycles. The normalized spacial score (nSPS) is 25.1. The topological polar surface area (TPSA) is 40.9 Å². The van der Waals surface area contributed by atoms with Crippen LogP contribution >= 0.6 is 0 Å². The Balaban J connectivity index is 2.81. The SMILES string of the molecule is CCC(C#N)C(=O)C1C(C)(C)C1(C)C. The van der Waals surface area contributed by atoms with E-state index in [4.69, 9.17) is 5.26 Å². The van der Waals surface area contributed by atoms with E-state index in [1.807, 2.05) is 6.92 Å². The van der Waals surface area contributed by atoms with Crippen LogP contribution in [0.4, 0.5) is 0 Å². The van der Waals surface area contributed by atoms with E-state index in [9.17, 15) is 4.79 Å². The van der Waals surface area contributed by atoms with Crippen LogP contribution in [0, 0.1) is 34.0 Å². The summed E-state index contributed by atoms with van der Waals surface area (Å²) in [5.41, 5.74) is 0.128. The predicted molar refractivity (Wildman–Crippen MR) is 55.5 cm³/mol. The molecule has 1 unspecified atom stereocenters. The van der Waals surface area contributed by atoms with Gasteiger partial charge >= 0.3 is 0 Å². The molecule has 0 amide bonds. The van der Waals surface area contributed by atoms with Crippen molar-refractivity contribution in [1.82, 2.24) is 0 Å². The standard InChI is InChI=1S/C12H19NO/c1-6-8(7-13)9(14)10-11(2,3)12(10,4)5/h8,10H,6H2,1-5H3. The smallest absolute Gasteiger partial charge is 0.154 e. The zero-order valence-corrected chi connectivity index (χ0v) is 9.72. The van der Waals surface area contributed by atoms with Gasteiger partial charge < -0.3 is 0 Å². The molecule has 0 aromatic heterocycles. The first-order valence-electron chi connectivity index (χ1n) is 5.24. The Morgan fingerprint density at radius 2 is 1.79 bits per heavy atom. The molecule has 1 saturated carbocycles. The number of carbonyl (C=O) groups excluding carboxylic acids is 1. The van der Waals surface area contributed by atoms with Crippen molar-refractivity contribution in [2.75, 3.05) is 0 Å². The van der Waals surface area contributed by atoms with Crippen molar-refractivity contribution in [2.24, 2.45) is 22.7 Å². The summed E-state index contributed by atoms with van der Waals surface area (Å²) in [6, 6.07) is 2.10. The van der Waals surface area contributed by atoms with Crippen LogP contribution in [0.5, 0.6) is 0 Å². The molecular formula is C12H19NO. The third kappa shape index (κ3) is 1.27. The molecule has 0 heterocycles. The van der Waals surface area contributed by atoms with Gasteiger partial charge in [-0.1, -0.05) is 34.6 Å². The molecule has 0 saturated heterocycles. The second-order valence-corrected chi connectivity index (χ2v) is 5.37. The second kappa shape index (κ2) is 3.08. The van der Waals surface area contributed by atoms with Gasteiger partial charge in [-0.15, -0.1) is 0 Å². The average molecular weight is 193 g/mol. The largest absolute Gasteiger partial charge is 0.298 e. The number of ketones is 1. The zero-order valence-electron chi connectivity index (χ0n) is 9.72. The Bertz CT molecular complexity index is 282. The molecular weight excluding hydrogens is 174 g/mol. The minimum absolute atomic E-state index is 0.0638. The summed E-state index contributed by atoms with van der Waals surface area (Å²) in [6.45, 7) is 10.3. The molecule has 1 fully saturated rings. The van der Waals surface area contributed by atoms with E-state index < -0.39 is 5.92 Å². The van der Waals surface area contributed by atoms with Gasteiger partial charge in [0, 0.05) is 5.92 Å². The van der Waals surface area contributed by atoms with Crippen LogP contribution < -0.4 is 0 Å². The molecule has 0 aromatic carbocycles. The number of nitrogens with zero attached hydrogens (tertiary/aromatic N) is 1. The number of Topliss-reactive ketones (excluding diaryl/α,β-unsaturated/α-hetero) is 1. The fourth-order valence-corrected chi connectivity index (χ4v) is 2.46. The summed E-state index contributed by atoms with van der Waals surface area (Å²) in [5, 5.41) is 8.84. The van der Waals surface area contributed by atoms with Gasteiger partial charge in [-0.05, 0) is 17.3 Å². The predicted octanol–water partition coefficient (Wildman–Crippen LogP) is 2.79. The average Bonchev–Trinajstić information content (AvgIpc) is 2.44. The van der Waals surface area contributed by atoms with Crippen LogP contribution in [-0.4, -0.2) is 5.78 Å². The Kier molecular flexibility index (Phi) is 2.48. The monoisotopic (exact) mass is 193 g/mol. The third-order valence-electron chi connectivity index (χ3n) is 4.21. The van der Waals surface area contributed by atoms with Crippen LogP contribution in [0.2, 0.25) is 0 Å². The lowest BCUT2D eigenvalue weighted by Gasteiger charge is -2.05. The van der Waals surface area contributed by atoms with Crippen LogP contribution in [0.25, 0.3) is 0 Å². The summed E-state index contributed by atoms with van der Waals surface area (Å²) in [7, 11) is 0. The number of rotatable bonds is 3. The van der Waals surface area contributed by atoms with Gasteiger partial charge in [0.2, 0.25) is 0 Å². The second-order valence-electron chi connectivity index (χ2n) is 5.37. The highest BCUT2D eigenvalue weighted by atomic mass is 16.1. The molecule has 2 nitrogen and oxygen atoms in total. The third-order valence-corrected chi connectivity index (χ3v) is 4.21. The Hall–Kier alpha value is -0.840. The van der Waals surface area contributed by atoms with Crippen molar-refractivity contribution < 1.29 is 4.79 Å². The highest BCUT2D eigenvalue weighted by molar-refractivity contribution is 5.90. The number of hydrogen-bond acceptors (Lipinski definition) is 2. The quantitative estimate of drug-likeness (QED) is 0.691. The summed E-state index contributed by atoms with van der Waals surface area (Å²) >= 11 is 0. The van der Waals surface area contributed by atoms with Crippen molar-refractivity contribution in [1.29, 1.82) is 5.26 Å². The first kappa shape index (κ1) is 11.2. The number of hydrogen-bond donors (Lipinski definition) is 0. The van der Waals surface area contributed by atoms with Gasteiger partial charge in [-0.3, -0.25) is 4.79 Å². The lowest BCUT2D eigenvalue weighted by Crippen LogP contribution is -2.17. The van der Waals surface area contributed by atoms with E-state index in [2.05, 4.69) is 33.8 Å². The lowest BCUT2D eigenvalue weighted by molar-refractivity contribution is -0.123. The minimum Gasteiger partial charge on any atom is -0.298 e. The summed E-state index contributed by atoms with van der Waals surface area (Å²) in [5.74, 6) is -0.189. The van der Waals surface area contributed by atoms with Crippen molar-refractivity contribution >= 4 is 5.78 Å². The van der Waals surface area contributed by atoms with Crippen molar-refractivity contribution in [2.45, 2.75) is 41.0 Å². The van der Waals surface area contributed by atoms with E-state index in [0.717, 1.165) is 0 Å².